The van der Waals surface area contributed by atoms with Crippen molar-refractivity contribution in [3.05, 3.63) is 18.6 Å². The topological polar surface area (TPSA) is 95.4 Å². The number of amides is 1. The molecule has 0 saturated carbocycles. The summed E-state index contributed by atoms with van der Waals surface area (Å²) < 4.78 is 0. The number of carboxylic acid groups (broad SMARTS) is 1. The molecule has 1 aromatic heterocycles. The zero-order valence-corrected chi connectivity index (χ0v) is 13.6. The predicted molar refractivity (Wildman–Crippen MR) is 86.0 cm³/mol. The Bertz CT molecular complexity index is 527. The van der Waals surface area contributed by atoms with Crippen LogP contribution in [0.4, 0.5) is 5.82 Å². The average Bonchev–Trinajstić information content (AvgIpc) is 2.54. The number of hydrogen-bond donors (Lipinski definition) is 2. The van der Waals surface area contributed by atoms with Crippen LogP contribution in [0.25, 0.3) is 0 Å². The van der Waals surface area contributed by atoms with Gasteiger partial charge in [0.25, 0.3) is 0 Å². The third kappa shape index (κ3) is 4.91. The lowest BCUT2D eigenvalue weighted by molar-refractivity contribution is -0.143. The van der Waals surface area contributed by atoms with E-state index in [1.54, 1.807) is 18.6 Å². The predicted octanol–water partition coefficient (Wildman–Crippen LogP) is 1.31. The largest absolute Gasteiger partial charge is 0.480 e. The molecule has 0 aliphatic carbocycles. The second-order valence-electron chi connectivity index (χ2n) is 6.35. The van der Waals surface area contributed by atoms with Gasteiger partial charge in [0, 0.05) is 31.4 Å². The Kier molecular flexibility index (Phi) is 5.90. The SMILES string of the molecule is CC(C)C[C@@H](NC(=O)C1CCN(c2cnccn2)CC1)C(=O)O. The molecule has 23 heavy (non-hydrogen) atoms. The molecule has 7 heteroatoms. The Morgan fingerprint density at radius 1 is 1.35 bits per heavy atom. The van der Waals surface area contributed by atoms with E-state index in [0.717, 1.165) is 18.9 Å². The molecule has 2 N–H and O–H groups in total. The van der Waals surface area contributed by atoms with Gasteiger partial charge in [0.1, 0.15) is 11.9 Å². The van der Waals surface area contributed by atoms with Crippen LogP contribution in [0, 0.1) is 11.8 Å². The highest BCUT2D eigenvalue weighted by Crippen LogP contribution is 2.21. The van der Waals surface area contributed by atoms with Crippen LogP contribution in [0.2, 0.25) is 0 Å². The Morgan fingerprint density at radius 2 is 2.04 bits per heavy atom. The highest BCUT2D eigenvalue weighted by atomic mass is 16.4. The molecule has 2 rings (SSSR count). The van der Waals surface area contributed by atoms with Crippen molar-refractivity contribution in [3.8, 4) is 0 Å². The number of carbonyl (C=O) groups is 2. The Hall–Kier alpha value is -2.18. The van der Waals surface area contributed by atoms with Crippen molar-refractivity contribution in [2.45, 2.75) is 39.2 Å². The fourth-order valence-corrected chi connectivity index (χ4v) is 2.81. The van der Waals surface area contributed by atoms with Gasteiger partial charge >= 0.3 is 5.97 Å². The van der Waals surface area contributed by atoms with Crippen LogP contribution in [-0.2, 0) is 9.59 Å². The van der Waals surface area contributed by atoms with Crippen LogP contribution in [0.1, 0.15) is 33.1 Å². The Balaban J connectivity index is 1.86. The summed E-state index contributed by atoms with van der Waals surface area (Å²) in [5.74, 6) is -0.234. The third-order valence-electron chi connectivity index (χ3n) is 4.06. The molecule has 7 nitrogen and oxygen atoms in total. The van der Waals surface area contributed by atoms with E-state index in [-0.39, 0.29) is 17.7 Å². The summed E-state index contributed by atoms with van der Waals surface area (Å²) in [7, 11) is 0. The van der Waals surface area contributed by atoms with Crippen LogP contribution >= 0.6 is 0 Å². The quantitative estimate of drug-likeness (QED) is 0.820. The molecular weight excluding hydrogens is 296 g/mol. The molecular formula is C16H24N4O3. The lowest BCUT2D eigenvalue weighted by Crippen LogP contribution is -2.47. The molecule has 1 aliphatic rings. The third-order valence-corrected chi connectivity index (χ3v) is 4.06. The van der Waals surface area contributed by atoms with E-state index in [9.17, 15) is 14.7 Å². The summed E-state index contributed by atoms with van der Waals surface area (Å²) in [6.45, 7) is 5.33. The second kappa shape index (κ2) is 7.89. The summed E-state index contributed by atoms with van der Waals surface area (Å²) in [4.78, 5) is 34.0. The Morgan fingerprint density at radius 3 is 2.57 bits per heavy atom. The van der Waals surface area contributed by atoms with Crippen molar-refractivity contribution in [1.29, 1.82) is 0 Å². The maximum absolute atomic E-state index is 12.3. The van der Waals surface area contributed by atoms with E-state index in [2.05, 4.69) is 20.2 Å². The minimum absolute atomic E-state index is 0.142. The van der Waals surface area contributed by atoms with Gasteiger partial charge in [-0.3, -0.25) is 9.78 Å². The van der Waals surface area contributed by atoms with Crippen molar-refractivity contribution in [3.63, 3.8) is 0 Å². The number of carboxylic acids is 1. The minimum atomic E-state index is -0.968. The van der Waals surface area contributed by atoms with Crippen LogP contribution in [0.3, 0.4) is 0 Å². The first kappa shape index (κ1) is 17.2. The monoisotopic (exact) mass is 320 g/mol. The van der Waals surface area contributed by atoms with Crippen molar-refractivity contribution < 1.29 is 14.7 Å². The van der Waals surface area contributed by atoms with E-state index in [1.165, 1.54) is 0 Å². The molecule has 1 fully saturated rings. The van der Waals surface area contributed by atoms with E-state index >= 15 is 0 Å². The molecule has 0 bridgehead atoms. The second-order valence-corrected chi connectivity index (χ2v) is 6.35. The number of rotatable bonds is 6. The zero-order valence-electron chi connectivity index (χ0n) is 13.6. The van der Waals surface area contributed by atoms with E-state index in [1.807, 2.05) is 13.8 Å². The zero-order chi connectivity index (χ0) is 16.8. The van der Waals surface area contributed by atoms with Crippen molar-refractivity contribution >= 4 is 17.7 Å². The van der Waals surface area contributed by atoms with Gasteiger partial charge in [-0.1, -0.05) is 13.8 Å². The molecule has 1 amide bonds. The number of hydrogen-bond acceptors (Lipinski definition) is 5. The maximum atomic E-state index is 12.3. The van der Waals surface area contributed by atoms with E-state index < -0.39 is 12.0 Å². The van der Waals surface area contributed by atoms with Gasteiger partial charge in [-0.25, -0.2) is 9.78 Å². The number of nitrogens with one attached hydrogen (secondary N) is 1. The molecule has 1 saturated heterocycles. The number of aliphatic carboxylic acids is 1. The Labute approximate surface area is 136 Å². The van der Waals surface area contributed by atoms with Gasteiger partial charge in [-0.2, -0.15) is 0 Å². The highest BCUT2D eigenvalue weighted by Gasteiger charge is 2.29. The number of aromatic nitrogens is 2. The average molecular weight is 320 g/mol. The minimum Gasteiger partial charge on any atom is -0.480 e. The van der Waals surface area contributed by atoms with Gasteiger partial charge in [0.15, 0.2) is 0 Å². The summed E-state index contributed by atoms with van der Waals surface area (Å²) >= 11 is 0. The number of carbonyl (C=O) groups excluding carboxylic acids is 1. The van der Waals surface area contributed by atoms with Gasteiger partial charge < -0.3 is 15.3 Å². The lowest BCUT2D eigenvalue weighted by Gasteiger charge is -2.32. The molecule has 0 radical (unpaired) electrons. The molecule has 0 spiro atoms. The van der Waals surface area contributed by atoms with Gasteiger partial charge in [-0.15, -0.1) is 0 Å². The first-order chi connectivity index (χ1) is 11.0. The summed E-state index contributed by atoms with van der Waals surface area (Å²) in [5.41, 5.74) is 0. The number of nitrogens with zero attached hydrogens (tertiary/aromatic N) is 3. The van der Waals surface area contributed by atoms with Gasteiger partial charge in [0.2, 0.25) is 5.91 Å². The summed E-state index contributed by atoms with van der Waals surface area (Å²) in [6.07, 6.45) is 6.82. The van der Waals surface area contributed by atoms with Gasteiger partial charge in [-0.05, 0) is 25.2 Å². The van der Waals surface area contributed by atoms with Crippen molar-refractivity contribution in [1.82, 2.24) is 15.3 Å². The standard InChI is InChI=1S/C16H24N4O3/c1-11(2)9-13(16(22)23)19-15(21)12-3-7-20(8-4-12)14-10-17-5-6-18-14/h5-6,10-13H,3-4,7-9H2,1-2H3,(H,19,21)(H,22,23)/t13-/m1/s1. The van der Waals surface area contributed by atoms with Crippen LogP contribution in [-0.4, -0.2) is 46.1 Å². The highest BCUT2D eigenvalue weighted by molar-refractivity contribution is 5.85. The molecule has 0 unspecified atom stereocenters. The molecule has 0 aromatic carbocycles. The first-order valence-corrected chi connectivity index (χ1v) is 8.01. The normalized spacial score (nSPS) is 17.1. The maximum Gasteiger partial charge on any atom is 0.326 e. The van der Waals surface area contributed by atoms with Crippen LogP contribution in [0.15, 0.2) is 18.6 Å². The lowest BCUT2D eigenvalue weighted by atomic mass is 9.95. The van der Waals surface area contributed by atoms with Crippen molar-refractivity contribution in [2.24, 2.45) is 11.8 Å². The molecule has 2 heterocycles. The number of anilines is 1. The van der Waals surface area contributed by atoms with E-state index in [4.69, 9.17) is 0 Å². The van der Waals surface area contributed by atoms with Crippen molar-refractivity contribution in [2.75, 3.05) is 18.0 Å². The van der Waals surface area contributed by atoms with E-state index in [0.29, 0.717) is 19.3 Å². The fraction of sp³-hybridized carbons (Fsp3) is 0.625. The first-order valence-electron chi connectivity index (χ1n) is 8.01. The molecule has 126 valence electrons. The molecule has 1 aliphatic heterocycles. The smallest absolute Gasteiger partial charge is 0.326 e. The fourth-order valence-electron chi connectivity index (χ4n) is 2.81. The van der Waals surface area contributed by atoms with Gasteiger partial charge in [0.05, 0.1) is 6.20 Å². The summed E-state index contributed by atoms with van der Waals surface area (Å²) in [6, 6.07) is -0.805. The molecule has 1 aromatic rings. The molecule has 1 atom stereocenters. The number of piperidine rings is 1. The van der Waals surface area contributed by atoms with Crippen LogP contribution < -0.4 is 10.2 Å². The summed E-state index contributed by atoms with van der Waals surface area (Å²) in [5, 5.41) is 11.9. The van der Waals surface area contributed by atoms with Crippen LogP contribution in [0.5, 0.6) is 0 Å².